The Kier molecular flexibility index (Phi) is 2.68. The molecule has 0 saturated carbocycles. The van der Waals surface area contributed by atoms with Crippen LogP contribution in [0.15, 0.2) is 24.3 Å². The Bertz CT molecular complexity index is 337. The second-order valence-electron chi connectivity index (χ2n) is 1.89. The van der Waals surface area contributed by atoms with Gasteiger partial charge in [-0.2, -0.15) is 9.59 Å². The fraction of sp³-hybridized carbons (Fsp3) is 0. The molecule has 0 N–H and O–H groups in total. The van der Waals surface area contributed by atoms with E-state index in [-0.39, 0.29) is 0 Å². The zero-order valence-electron chi connectivity index (χ0n) is 6.02. The van der Waals surface area contributed by atoms with E-state index in [0.29, 0.717) is 11.4 Å². The van der Waals surface area contributed by atoms with E-state index in [2.05, 4.69) is 9.98 Å². The average Bonchev–Trinajstić information content (AvgIpc) is 2.09. The van der Waals surface area contributed by atoms with Gasteiger partial charge in [-0.05, 0) is 0 Å². The molecule has 0 unspecified atom stereocenters. The molecular formula is C8H4N2O2+2. The highest BCUT2D eigenvalue weighted by Gasteiger charge is 2.19. The highest BCUT2D eigenvalue weighted by molar-refractivity contribution is 5.64. The minimum absolute atomic E-state index is 0.316. The molecule has 0 fully saturated rings. The fourth-order valence-electron chi connectivity index (χ4n) is 0.752. The first-order valence-electron chi connectivity index (χ1n) is 3.13. The first kappa shape index (κ1) is 8.08. The summed E-state index contributed by atoms with van der Waals surface area (Å²) < 4.78 is 0. The third-order valence-electron chi connectivity index (χ3n) is 1.21. The lowest BCUT2D eigenvalue weighted by molar-refractivity contribution is 0.561. The molecule has 0 spiro atoms. The van der Waals surface area contributed by atoms with Crippen LogP contribution in [0.1, 0.15) is 0 Å². The normalized spacial score (nSPS) is 8.00. The van der Waals surface area contributed by atoms with Crippen LogP contribution in [0.4, 0.5) is 11.4 Å². The minimum atomic E-state index is 0.316. The highest BCUT2D eigenvalue weighted by atomic mass is 16.1. The molecule has 0 aliphatic carbocycles. The van der Waals surface area contributed by atoms with Gasteiger partial charge in [0.2, 0.25) is 0 Å². The van der Waals surface area contributed by atoms with Crippen molar-refractivity contribution < 1.29 is 9.59 Å². The van der Waals surface area contributed by atoms with Crippen molar-refractivity contribution in [3.63, 3.8) is 0 Å². The van der Waals surface area contributed by atoms with Crippen LogP contribution < -0.4 is 9.98 Å². The lowest BCUT2D eigenvalue weighted by Crippen LogP contribution is -1.84. The largest absolute Gasteiger partial charge is 0.504 e. The summed E-state index contributed by atoms with van der Waals surface area (Å²) in [5.74, 6) is 0. The number of para-hydroxylation sites is 2. The molecule has 12 heavy (non-hydrogen) atoms. The van der Waals surface area contributed by atoms with Gasteiger partial charge in [0.1, 0.15) is 0 Å². The van der Waals surface area contributed by atoms with Crippen LogP contribution in [0, 0.1) is 0 Å². The first-order valence-corrected chi connectivity index (χ1v) is 3.13. The SMILES string of the molecule is O=C=[N+]c1ccccc1[N+]=C=O. The number of isocyanates is 2. The van der Waals surface area contributed by atoms with Crippen LogP contribution in [-0.4, -0.2) is 12.2 Å². The quantitative estimate of drug-likeness (QED) is 0.461. The number of hydrogen-bond donors (Lipinski definition) is 0. The van der Waals surface area contributed by atoms with Gasteiger partial charge in [-0.3, -0.25) is 0 Å². The monoisotopic (exact) mass is 160 g/mol. The van der Waals surface area contributed by atoms with E-state index in [0.717, 1.165) is 0 Å². The number of aliphatic imine (C=N–C) groups is 2. The first-order chi connectivity index (χ1) is 5.88. The van der Waals surface area contributed by atoms with Gasteiger partial charge in [0.15, 0.2) is 9.98 Å². The van der Waals surface area contributed by atoms with Crippen LogP contribution in [0.3, 0.4) is 0 Å². The second-order valence-corrected chi connectivity index (χ2v) is 1.89. The number of nitrogens with zero attached hydrogens (tertiary/aromatic N) is 2. The van der Waals surface area contributed by atoms with Crippen molar-refractivity contribution in [3.05, 3.63) is 24.3 Å². The van der Waals surface area contributed by atoms with Crippen LogP contribution in [0.2, 0.25) is 0 Å². The highest BCUT2D eigenvalue weighted by Crippen LogP contribution is 2.16. The Hall–Kier alpha value is -2.02. The van der Waals surface area contributed by atoms with E-state index in [9.17, 15) is 9.59 Å². The Balaban J connectivity index is 3.25. The van der Waals surface area contributed by atoms with E-state index >= 15 is 0 Å². The molecule has 4 heteroatoms. The van der Waals surface area contributed by atoms with Crippen LogP contribution in [0.25, 0.3) is 0 Å². The predicted octanol–water partition coefficient (Wildman–Crippen LogP) is 0.293. The zero-order chi connectivity index (χ0) is 8.81. The zero-order valence-corrected chi connectivity index (χ0v) is 6.02. The van der Waals surface area contributed by atoms with Crippen molar-refractivity contribution in [1.82, 2.24) is 9.98 Å². The predicted molar refractivity (Wildman–Crippen MR) is 41.4 cm³/mol. The molecule has 0 aromatic heterocycles. The van der Waals surface area contributed by atoms with Crippen molar-refractivity contribution in [1.29, 1.82) is 0 Å². The van der Waals surface area contributed by atoms with Gasteiger partial charge < -0.3 is 0 Å². The summed E-state index contributed by atoms with van der Waals surface area (Å²) in [7, 11) is 0. The van der Waals surface area contributed by atoms with Gasteiger partial charge >= 0.3 is 23.5 Å². The minimum Gasteiger partial charge on any atom is -0.154 e. The van der Waals surface area contributed by atoms with Gasteiger partial charge in [-0.25, -0.2) is 0 Å². The van der Waals surface area contributed by atoms with E-state index in [4.69, 9.17) is 0 Å². The molecule has 4 nitrogen and oxygen atoms in total. The topological polar surface area (TPSA) is 62.3 Å². The Morgan fingerprint density at radius 3 is 1.67 bits per heavy atom. The summed E-state index contributed by atoms with van der Waals surface area (Å²) in [6, 6.07) is 6.47. The number of benzene rings is 1. The molecular weight excluding hydrogens is 156 g/mol. The third-order valence-corrected chi connectivity index (χ3v) is 1.21. The van der Waals surface area contributed by atoms with Crippen molar-refractivity contribution in [2.45, 2.75) is 0 Å². The summed E-state index contributed by atoms with van der Waals surface area (Å²) >= 11 is 0. The lowest BCUT2D eigenvalue weighted by Gasteiger charge is -1.73. The number of rotatable bonds is 2. The van der Waals surface area contributed by atoms with Crippen LogP contribution >= 0.6 is 0 Å². The van der Waals surface area contributed by atoms with E-state index in [1.54, 1.807) is 24.3 Å². The number of hydrogen-bond acceptors (Lipinski definition) is 4. The van der Waals surface area contributed by atoms with Gasteiger partial charge in [0.05, 0.1) is 0 Å². The smallest absolute Gasteiger partial charge is 0.154 e. The maximum atomic E-state index is 9.90. The molecule has 0 heterocycles. The van der Waals surface area contributed by atoms with Crippen LogP contribution in [-0.2, 0) is 9.59 Å². The fourth-order valence-corrected chi connectivity index (χ4v) is 0.752. The lowest BCUT2D eigenvalue weighted by atomic mass is 10.3. The van der Waals surface area contributed by atoms with E-state index in [1.165, 1.54) is 12.2 Å². The maximum absolute atomic E-state index is 9.90. The average molecular weight is 160 g/mol. The molecule has 0 aliphatic rings. The maximum Gasteiger partial charge on any atom is 0.504 e. The summed E-state index contributed by atoms with van der Waals surface area (Å²) in [6.07, 6.45) is 2.74. The van der Waals surface area contributed by atoms with Crippen molar-refractivity contribution in [2.24, 2.45) is 0 Å². The molecule has 0 saturated heterocycles. The molecule has 0 bridgehead atoms. The molecule has 1 aromatic rings. The van der Waals surface area contributed by atoms with Gasteiger partial charge in [-0.1, -0.05) is 12.1 Å². The second kappa shape index (κ2) is 3.98. The summed E-state index contributed by atoms with van der Waals surface area (Å²) in [5, 5.41) is 0. The molecule has 1 aromatic carbocycles. The van der Waals surface area contributed by atoms with Crippen LogP contribution in [0.5, 0.6) is 0 Å². The van der Waals surface area contributed by atoms with E-state index < -0.39 is 0 Å². The molecule has 0 atom stereocenters. The summed E-state index contributed by atoms with van der Waals surface area (Å²) in [6.45, 7) is 0. The Morgan fingerprint density at radius 1 is 0.917 bits per heavy atom. The summed E-state index contributed by atoms with van der Waals surface area (Å²) in [5.41, 5.74) is 0.631. The molecule has 2 radical (unpaired) electrons. The van der Waals surface area contributed by atoms with Crippen molar-refractivity contribution in [2.75, 3.05) is 0 Å². The molecule has 1 rings (SSSR count). The summed E-state index contributed by atoms with van der Waals surface area (Å²) in [4.78, 5) is 26.5. The molecule has 0 aliphatic heterocycles. The molecule has 56 valence electrons. The Labute approximate surface area is 68.3 Å². The van der Waals surface area contributed by atoms with Gasteiger partial charge in [0, 0.05) is 12.1 Å². The molecule has 0 amide bonds. The van der Waals surface area contributed by atoms with Gasteiger partial charge in [-0.15, -0.1) is 0 Å². The standard InChI is InChI=1S/C8H4N2O2/c11-5-9-7-3-1-2-4-8(7)10-6-12/h1-4H/q+2. The number of carbonyl (C=O) groups excluding carboxylic acids is 2. The third kappa shape index (κ3) is 1.73. The Morgan fingerprint density at radius 2 is 1.33 bits per heavy atom. The van der Waals surface area contributed by atoms with Gasteiger partial charge in [0.25, 0.3) is 0 Å². The van der Waals surface area contributed by atoms with Crippen molar-refractivity contribution >= 4 is 23.5 Å². The van der Waals surface area contributed by atoms with E-state index in [1.807, 2.05) is 0 Å². The van der Waals surface area contributed by atoms with Crippen molar-refractivity contribution in [3.8, 4) is 0 Å².